The van der Waals surface area contributed by atoms with E-state index in [1.54, 1.807) is 10.8 Å². The first-order chi connectivity index (χ1) is 9.00. The normalized spacial score (nSPS) is 30.6. The first-order valence-corrected chi connectivity index (χ1v) is 8.24. The van der Waals surface area contributed by atoms with Crippen LogP contribution in [0.15, 0.2) is 21.2 Å². The second-order valence-electron chi connectivity index (χ2n) is 3.72. The zero-order valence-electron chi connectivity index (χ0n) is 9.26. The molecule has 0 amide bonds. The van der Waals surface area contributed by atoms with E-state index in [2.05, 4.69) is 4.13 Å². The van der Waals surface area contributed by atoms with Crippen molar-refractivity contribution in [3.8, 4) is 0 Å². The van der Waals surface area contributed by atoms with Crippen molar-refractivity contribution in [1.82, 2.24) is 7.84 Å². The first kappa shape index (κ1) is 13.6. The summed E-state index contributed by atoms with van der Waals surface area (Å²) in [5, 5.41) is 21.5. The molecule has 3 aliphatic rings. The minimum atomic E-state index is -0.517. The molecule has 0 aromatic heterocycles. The van der Waals surface area contributed by atoms with Crippen LogP contribution in [0.2, 0.25) is 0 Å². The van der Waals surface area contributed by atoms with E-state index in [4.69, 9.17) is 0 Å². The van der Waals surface area contributed by atoms with Gasteiger partial charge in [-0.15, -0.1) is 0 Å². The molecule has 2 unspecified atom stereocenters. The van der Waals surface area contributed by atoms with Crippen molar-refractivity contribution in [1.29, 1.82) is 0 Å². The van der Waals surface area contributed by atoms with Crippen molar-refractivity contribution in [3.05, 3.63) is 41.4 Å². The molecule has 2 aliphatic heterocycles. The van der Waals surface area contributed by atoms with Gasteiger partial charge in [-0.05, 0) is 23.9 Å². The summed E-state index contributed by atoms with van der Waals surface area (Å²) in [5.74, 6) is 0. The van der Waals surface area contributed by atoms with Gasteiger partial charge in [-0.2, -0.15) is 7.84 Å². The second-order valence-corrected chi connectivity index (χ2v) is 8.38. The monoisotopic (exact) mass is 338 g/mol. The van der Waals surface area contributed by atoms with Crippen molar-refractivity contribution in [3.63, 3.8) is 0 Å². The molecule has 2 fully saturated rings. The third-order valence-corrected chi connectivity index (χ3v) is 7.45. The smallest absolute Gasteiger partial charge is 0.259 e. The fraction of sp³-hybridized carbons (Fsp3) is 0.429. The molecular weight excluding hydrogens is 332 g/mol. The number of rotatable bonds is 2. The average Bonchev–Trinajstić information content (AvgIpc) is 2.89. The highest BCUT2D eigenvalue weighted by Crippen LogP contribution is 2.57. The van der Waals surface area contributed by atoms with E-state index in [1.165, 1.54) is 23.9 Å². The summed E-state index contributed by atoms with van der Waals surface area (Å²) < 4.78 is 4.55. The second kappa shape index (κ2) is 4.86. The number of nitrogens with zero attached hydrogens (tertiary/aromatic N) is 3. The van der Waals surface area contributed by atoms with Crippen molar-refractivity contribution >= 4 is 47.8 Å². The van der Waals surface area contributed by atoms with Crippen LogP contribution >= 0.6 is 47.8 Å². The molecule has 2 heterocycles. The molecule has 12 heteroatoms. The quantitative estimate of drug-likeness (QED) is 0.456. The van der Waals surface area contributed by atoms with E-state index in [9.17, 15) is 20.2 Å². The molecule has 1 aliphatic carbocycles. The molecule has 2 atom stereocenters. The Morgan fingerprint density at radius 3 is 1.84 bits per heavy atom. The van der Waals surface area contributed by atoms with Crippen LogP contribution in [-0.4, -0.2) is 31.1 Å². The zero-order chi connectivity index (χ0) is 13.7. The minimum absolute atomic E-state index is 0.0648. The highest BCUT2D eigenvalue weighted by molar-refractivity contribution is 8.21. The van der Waals surface area contributed by atoms with Crippen LogP contribution in [0, 0.1) is 20.2 Å². The number of nitro groups is 2. The van der Waals surface area contributed by atoms with Crippen LogP contribution in [-0.2, 0) is 0 Å². The molecule has 0 aromatic rings. The highest BCUT2D eigenvalue weighted by Gasteiger charge is 2.56. The van der Waals surface area contributed by atoms with E-state index in [0.29, 0.717) is 9.81 Å². The summed E-state index contributed by atoms with van der Waals surface area (Å²) >= 11 is 4.69. The van der Waals surface area contributed by atoms with E-state index in [0.717, 1.165) is 23.9 Å². The highest BCUT2D eigenvalue weighted by atomic mass is 32.2. The maximum atomic E-state index is 11.3. The molecule has 0 radical (unpaired) electrons. The van der Waals surface area contributed by atoms with Gasteiger partial charge >= 0.3 is 0 Å². The average molecular weight is 338 g/mol. The van der Waals surface area contributed by atoms with E-state index >= 15 is 0 Å². The molecule has 102 valence electrons. The van der Waals surface area contributed by atoms with E-state index in [1.807, 2.05) is 0 Å². The molecule has 19 heavy (non-hydrogen) atoms. The minimum Gasteiger partial charge on any atom is -0.259 e. The van der Waals surface area contributed by atoms with Gasteiger partial charge < -0.3 is 0 Å². The Hall–Kier alpha value is -0.400. The number of hydrogen-bond donors (Lipinski definition) is 1. The van der Waals surface area contributed by atoms with Crippen molar-refractivity contribution in [2.24, 2.45) is 0 Å². The molecule has 1 N–H and O–H groups in total. The van der Waals surface area contributed by atoms with Gasteiger partial charge in [0.2, 0.25) is 0 Å². The lowest BCUT2D eigenvalue weighted by Crippen LogP contribution is -2.32. The largest absolute Gasteiger partial charge is 0.278 e. The van der Waals surface area contributed by atoms with Crippen molar-refractivity contribution in [2.45, 2.75) is 10.5 Å². The molecule has 0 spiro atoms. The van der Waals surface area contributed by atoms with Crippen LogP contribution < -0.4 is 4.13 Å². The maximum Gasteiger partial charge on any atom is 0.278 e. The van der Waals surface area contributed by atoms with Gasteiger partial charge in [0.05, 0.1) is 9.85 Å². The first-order valence-electron chi connectivity index (χ1n) is 4.94. The fourth-order valence-corrected chi connectivity index (χ4v) is 7.03. The Labute approximate surface area is 124 Å². The Morgan fingerprint density at radius 2 is 1.47 bits per heavy atom. The summed E-state index contributed by atoms with van der Waals surface area (Å²) in [4.78, 5) is 22.5. The molecular formula is C7H6N4O4S4. The lowest BCUT2D eigenvalue weighted by molar-refractivity contribution is -0.438. The van der Waals surface area contributed by atoms with E-state index in [-0.39, 0.29) is 11.4 Å². The van der Waals surface area contributed by atoms with E-state index < -0.39 is 20.3 Å². The Kier molecular flexibility index (Phi) is 3.47. The predicted octanol–water partition coefficient (Wildman–Crippen LogP) is 1.86. The third kappa shape index (κ3) is 2.06. The molecule has 3 rings (SSSR count). The van der Waals surface area contributed by atoms with Crippen LogP contribution in [0.25, 0.3) is 0 Å². The Morgan fingerprint density at radius 1 is 1.05 bits per heavy atom. The summed E-state index contributed by atoms with van der Waals surface area (Å²) in [6, 6.07) is 0. The van der Waals surface area contributed by atoms with Gasteiger partial charge in [0.15, 0.2) is 0 Å². The van der Waals surface area contributed by atoms with Crippen LogP contribution in [0.5, 0.6) is 0 Å². The molecule has 8 nitrogen and oxygen atoms in total. The number of nitrogens with one attached hydrogen (secondary N) is 1. The van der Waals surface area contributed by atoms with Crippen LogP contribution in [0.1, 0.15) is 0 Å². The molecule has 0 saturated carbocycles. The van der Waals surface area contributed by atoms with Gasteiger partial charge in [-0.25, -0.2) is 0 Å². The van der Waals surface area contributed by atoms with Gasteiger partial charge in [0, 0.05) is 7.05 Å². The lowest BCUT2D eigenvalue weighted by Gasteiger charge is -2.18. The van der Waals surface area contributed by atoms with Crippen LogP contribution in [0.4, 0.5) is 0 Å². The summed E-state index contributed by atoms with van der Waals surface area (Å²) in [7, 11) is 1.76. The SMILES string of the molecule is CN1SC2C([N+](=O)[O-])=C3SNSC3=C([N+](=O)[O-])C2S1. The Bertz CT molecular complexity index is 503. The zero-order valence-corrected chi connectivity index (χ0v) is 12.5. The standard InChI is InChI=1S/C7H6N4O4S4/c1-9-18-6-2(10(12)13)4-5(17-8-16-4)3(11(14)15)7(6)19-9/h6-8H,1H3. The molecule has 2 saturated heterocycles. The number of fused-ring (bicyclic) bond motifs is 2. The predicted molar refractivity (Wildman–Crippen MR) is 76.9 cm³/mol. The Balaban J connectivity index is 2.20. The van der Waals surface area contributed by atoms with Gasteiger partial charge in [-0.3, -0.25) is 20.2 Å². The van der Waals surface area contributed by atoms with Crippen molar-refractivity contribution in [2.75, 3.05) is 7.05 Å². The topological polar surface area (TPSA) is 102 Å². The summed E-state index contributed by atoms with van der Waals surface area (Å²) in [6.07, 6.45) is 0. The van der Waals surface area contributed by atoms with Crippen LogP contribution in [0.3, 0.4) is 0 Å². The van der Waals surface area contributed by atoms with Crippen molar-refractivity contribution < 1.29 is 9.85 Å². The summed E-state index contributed by atoms with van der Waals surface area (Å²) in [5.41, 5.74) is 0.130. The number of hydrogen-bond acceptors (Lipinski definition) is 10. The van der Waals surface area contributed by atoms with Gasteiger partial charge in [0.1, 0.15) is 20.3 Å². The molecule has 0 aromatic carbocycles. The summed E-state index contributed by atoms with van der Waals surface area (Å²) in [6.45, 7) is 0. The third-order valence-electron chi connectivity index (χ3n) is 2.69. The lowest BCUT2D eigenvalue weighted by atomic mass is 10.1. The maximum absolute atomic E-state index is 11.3. The molecule has 0 bridgehead atoms. The fourth-order valence-electron chi connectivity index (χ4n) is 2.01. The van der Waals surface area contributed by atoms with Gasteiger partial charge in [0.25, 0.3) is 11.4 Å². The van der Waals surface area contributed by atoms with Gasteiger partial charge in [-0.1, -0.05) is 23.9 Å².